The zero-order valence-corrected chi connectivity index (χ0v) is 13.4. The predicted octanol–water partition coefficient (Wildman–Crippen LogP) is 3.78. The fraction of sp³-hybridized carbons (Fsp3) is 0.643. The van der Waals surface area contributed by atoms with E-state index in [4.69, 9.17) is 0 Å². The summed E-state index contributed by atoms with van der Waals surface area (Å²) in [4.78, 5) is 14.4. The normalized spacial score (nSPS) is 15.3. The second-order valence-corrected chi connectivity index (χ2v) is 7.44. The van der Waals surface area contributed by atoms with Gasteiger partial charge in [0.2, 0.25) is 0 Å². The molecular formula is C14H20BrNOS. The van der Waals surface area contributed by atoms with Crippen molar-refractivity contribution in [2.24, 2.45) is 5.41 Å². The Hall–Kier alpha value is -0.350. The highest BCUT2D eigenvalue weighted by Crippen LogP contribution is 2.29. The first-order chi connectivity index (χ1) is 8.52. The monoisotopic (exact) mass is 329 g/mol. The molecule has 0 radical (unpaired) electrons. The molecule has 0 bridgehead atoms. The molecule has 1 N–H and O–H groups in total. The molecule has 1 aromatic heterocycles. The van der Waals surface area contributed by atoms with Crippen molar-refractivity contribution in [2.45, 2.75) is 39.5 Å². The Kier molecular flexibility index (Phi) is 4.49. The van der Waals surface area contributed by atoms with Gasteiger partial charge in [-0.25, -0.2) is 0 Å². The second kappa shape index (κ2) is 5.74. The van der Waals surface area contributed by atoms with Crippen LogP contribution in [0, 0.1) is 5.41 Å². The number of halogens is 1. The first-order valence-electron chi connectivity index (χ1n) is 6.47. The first-order valence-corrected chi connectivity index (χ1v) is 8.41. The first kappa shape index (κ1) is 14.1. The van der Waals surface area contributed by atoms with Gasteiger partial charge in [-0.1, -0.05) is 29.8 Å². The molecule has 0 unspecified atom stereocenters. The highest BCUT2D eigenvalue weighted by molar-refractivity contribution is 9.09. The number of aryl methyl sites for hydroxylation is 2. The summed E-state index contributed by atoms with van der Waals surface area (Å²) >= 11 is 5.15. The molecule has 4 heteroatoms. The zero-order valence-electron chi connectivity index (χ0n) is 11.0. The van der Waals surface area contributed by atoms with Crippen LogP contribution in [0.1, 0.15) is 46.8 Å². The van der Waals surface area contributed by atoms with E-state index in [2.05, 4.69) is 41.2 Å². The Morgan fingerprint density at radius 3 is 2.83 bits per heavy atom. The van der Waals surface area contributed by atoms with Gasteiger partial charge in [0, 0.05) is 16.8 Å². The highest BCUT2D eigenvalue weighted by Gasteiger charge is 2.20. The molecule has 100 valence electrons. The van der Waals surface area contributed by atoms with Gasteiger partial charge < -0.3 is 5.32 Å². The predicted molar refractivity (Wildman–Crippen MR) is 80.9 cm³/mol. The fourth-order valence-electron chi connectivity index (χ4n) is 2.06. The van der Waals surface area contributed by atoms with Crippen molar-refractivity contribution in [3.63, 3.8) is 0 Å². The van der Waals surface area contributed by atoms with Crippen molar-refractivity contribution < 1.29 is 4.79 Å². The van der Waals surface area contributed by atoms with Crippen LogP contribution in [-0.2, 0) is 12.8 Å². The number of amides is 1. The lowest BCUT2D eigenvalue weighted by Gasteiger charge is -2.21. The summed E-state index contributed by atoms with van der Waals surface area (Å²) < 4.78 is 0. The lowest BCUT2D eigenvalue weighted by atomic mass is 9.97. The van der Waals surface area contributed by atoms with Gasteiger partial charge in [-0.15, -0.1) is 11.3 Å². The Morgan fingerprint density at radius 2 is 2.17 bits per heavy atom. The summed E-state index contributed by atoms with van der Waals surface area (Å²) in [6.45, 7) is 4.99. The Labute approximate surface area is 121 Å². The number of hydrogen-bond donors (Lipinski definition) is 1. The van der Waals surface area contributed by atoms with Crippen molar-refractivity contribution in [2.75, 3.05) is 11.9 Å². The van der Waals surface area contributed by atoms with Gasteiger partial charge in [-0.2, -0.15) is 0 Å². The summed E-state index contributed by atoms with van der Waals surface area (Å²) in [6, 6.07) is 2.09. The van der Waals surface area contributed by atoms with Gasteiger partial charge in [-0.05, 0) is 42.7 Å². The van der Waals surface area contributed by atoms with Crippen LogP contribution in [0.5, 0.6) is 0 Å². The van der Waals surface area contributed by atoms with E-state index in [9.17, 15) is 4.79 Å². The van der Waals surface area contributed by atoms with Crippen molar-refractivity contribution in [1.29, 1.82) is 0 Å². The van der Waals surface area contributed by atoms with E-state index < -0.39 is 0 Å². The lowest BCUT2D eigenvalue weighted by Crippen LogP contribution is -2.34. The molecule has 0 aromatic carbocycles. The van der Waals surface area contributed by atoms with Crippen LogP contribution in [0.25, 0.3) is 0 Å². The minimum atomic E-state index is 0.0865. The summed E-state index contributed by atoms with van der Waals surface area (Å²) in [6.07, 6.45) is 4.83. The molecule has 2 rings (SSSR count). The number of alkyl halides is 1. The smallest absolute Gasteiger partial charge is 0.261 e. The third kappa shape index (κ3) is 3.35. The molecule has 1 aromatic rings. The molecule has 0 aliphatic heterocycles. The number of nitrogens with one attached hydrogen (secondary N) is 1. The average Bonchev–Trinajstić information content (AvgIpc) is 2.80. The molecule has 0 saturated heterocycles. The molecule has 1 heterocycles. The molecule has 0 atom stereocenters. The van der Waals surface area contributed by atoms with E-state index in [0.717, 1.165) is 23.0 Å². The maximum atomic E-state index is 12.1. The standard InChI is InChI=1S/C14H20BrNOS/c1-14(2,8-15)9-16-13(17)12-7-10-5-3-4-6-11(10)18-12/h7H,3-6,8-9H2,1-2H3,(H,16,17). The van der Waals surface area contributed by atoms with Crippen LogP contribution >= 0.6 is 27.3 Å². The maximum absolute atomic E-state index is 12.1. The van der Waals surface area contributed by atoms with E-state index in [1.165, 1.54) is 23.3 Å². The topological polar surface area (TPSA) is 29.1 Å². The van der Waals surface area contributed by atoms with E-state index in [0.29, 0.717) is 6.54 Å². The minimum absolute atomic E-state index is 0.0865. The number of rotatable bonds is 4. The van der Waals surface area contributed by atoms with Crippen LogP contribution < -0.4 is 5.32 Å². The van der Waals surface area contributed by atoms with Gasteiger partial charge in [0.05, 0.1) is 4.88 Å². The van der Waals surface area contributed by atoms with Crippen LogP contribution in [0.15, 0.2) is 6.07 Å². The molecular weight excluding hydrogens is 310 g/mol. The fourth-order valence-corrected chi connectivity index (χ4v) is 3.42. The maximum Gasteiger partial charge on any atom is 0.261 e. The largest absolute Gasteiger partial charge is 0.351 e. The van der Waals surface area contributed by atoms with E-state index in [1.807, 2.05) is 0 Å². The summed E-state index contributed by atoms with van der Waals surface area (Å²) in [5.41, 5.74) is 1.50. The highest BCUT2D eigenvalue weighted by atomic mass is 79.9. The third-order valence-corrected chi connectivity index (χ3v) is 6.06. The van der Waals surface area contributed by atoms with Crippen molar-refractivity contribution in [3.05, 3.63) is 21.4 Å². The number of thiophene rings is 1. The number of carbonyl (C=O) groups excluding carboxylic acids is 1. The SMILES string of the molecule is CC(C)(CBr)CNC(=O)c1cc2c(s1)CCCC2. The summed E-state index contributed by atoms with van der Waals surface area (Å²) in [7, 11) is 0. The van der Waals surface area contributed by atoms with Crippen molar-refractivity contribution >= 4 is 33.2 Å². The average molecular weight is 330 g/mol. The molecule has 0 saturated carbocycles. The quantitative estimate of drug-likeness (QED) is 0.837. The molecule has 1 amide bonds. The van der Waals surface area contributed by atoms with Crippen molar-refractivity contribution in [1.82, 2.24) is 5.32 Å². The van der Waals surface area contributed by atoms with E-state index in [-0.39, 0.29) is 11.3 Å². The molecule has 0 spiro atoms. The second-order valence-electron chi connectivity index (χ2n) is 5.75. The van der Waals surface area contributed by atoms with Crippen molar-refractivity contribution in [3.8, 4) is 0 Å². The Morgan fingerprint density at radius 1 is 1.44 bits per heavy atom. The van der Waals surface area contributed by atoms with E-state index >= 15 is 0 Å². The van der Waals surface area contributed by atoms with Gasteiger partial charge in [0.1, 0.15) is 0 Å². The Balaban J connectivity index is 1.99. The van der Waals surface area contributed by atoms with Crippen LogP contribution in [0.4, 0.5) is 0 Å². The molecule has 1 aliphatic rings. The van der Waals surface area contributed by atoms with Gasteiger partial charge in [-0.3, -0.25) is 4.79 Å². The van der Waals surface area contributed by atoms with Gasteiger partial charge in [0.15, 0.2) is 0 Å². The molecule has 18 heavy (non-hydrogen) atoms. The number of carbonyl (C=O) groups is 1. The summed E-state index contributed by atoms with van der Waals surface area (Å²) in [5, 5.41) is 3.93. The van der Waals surface area contributed by atoms with Crippen LogP contribution in [0.3, 0.4) is 0 Å². The third-order valence-electron chi connectivity index (χ3n) is 3.31. The number of fused-ring (bicyclic) bond motifs is 1. The van der Waals surface area contributed by atoms with Crippen LogP contribution in [0.2, 0.25) is 0 Å². The Bertz CT molecular complexity index is 416. The molecule has 0 fully saturated rings. The van der Waals surface area contributed by atoms with Crippen LogP contribution in [-0.4, -0.2) is 17.8 Å². The minimum Gasteiger partial charge on any atom is -0.351 e. The number of hydrogen-bond acceptors (Lipinski definition) is 2. The zero-order chi connectivity index (χ0) is 13.2. The summed E-state index contributed by atoms with van der Waals surface area (Å²) in [5.74, 6) is 0.0865. The molecule has 2 nitrogen and oxygen atoms in total. The van der Waals surface area contributed by atoms with Gasteiger partial charge >= 0.3 is 0 Å². The van der Waals surface area contributed by atoms with Gasteiger partial charge in [0.25, 0.3) is 5.91 Å². The molecule has 1 aliphatic carbocycles. The van der Waals surface area contributed by atoms with E-state index in [1.54, 1.807) is 11.3 Å². The lowest BCUT2D eigenvalue weighted by molar-refractivity contribution is 0.0944.